The van der Waals surface area contributed by atoms with Crippen LogP contribution in [0.1, 0.15) is 12.8 Å². The SMILES string of the molecule is COc1cc(OC)nc(N2CCC(COc3ccncc3Cl)CC2)n1. The summed E-state index contributed by atoms with van der Waals surface area (Å²) in [5.41, 5.74) is 0. The number of piperidine rings is 1. The minimum atomic E-state index is 0.466. The molecular formula is C17H21ClN4O3. The van der Waals surface area contributed by atoms with Crippen molar-refractivity contribution >= 4 is 17.5 Å². The smallest absolute Gasteiger partial charge is 0.231 e. The van der Waals surface area contributed by atoms with Crippen molar-refractivity contribution < 1.29 is 14.2 Å². The normalized spacial score (nSPS) is 15.1. The molecule has 3 rings (SSSR count). The van der Waals surface area contributed by atoms with Crippen molar-refractivity contribution in [2.75, 3.05) is 38.8 Å². The van der Waals surface area contributed by atoms with Gasteiger partial charge < -0.3 is 19.1 Å². The highest BCUT2D eigenvalue weighted by molar-refractivity contribution is 6.31. The molecule has 2 aromatic rings. The first-order valence-electron chi connectivity index (χ1n) is 8.14. The average molecular weight is 365 g/mol. The second kappa shape index (κ2) is 8.20. The van der Waals surface area contributed by atoms with Crippen LogP contribution in [0.3, 0.4) is 0 Å². The van der Waals surface area contributed by atoms with E-state index in [-0.39, 0.29) is 0 Å². The monoisotopic (exact) mass is 364 g/mol. The zero-order chi connectivity index (χ0) is 17.6. The number of hydrogen-bond donors (Lipinski definition) is 0. The first-order chi connectivity index (χ1) is 12.2. The van der Waals surface area contributed by atoms with Gasteiger partial charge in [0.25, 0.3) is 0 Å². The number of halogens is 1. The molecule has 0 N–H and O–H groups in total. The number of nitrogens with zero attached hydrogens (tertiary/aromatic N) is 4. The van der Waals surface area contributed by atoms with E-state index in [4.69, 9.17) is 25.8 Å². The third-order valence-electron chi connectivity index (χ3n) is 4.19. The number of rotatable bonds is 6. The fraction of sp³-hybridized carbons (Fsp3) is 0.471. The molecule has 2 aromatic heterocycles. The van der Waals surface area contributed by atoms with Crippen molar-refractivity contribution in [1.82, 2.24) is 15.0 Å². The molecule has 1 aliphatic rings. The van der Waals surface area contributed by atoms with Crippen molar-refractivity contribution in [3.8, 4) is 17.5 Å². The van der Waals surface area contributed by atoms with Crippen LogP contribution in [0.5, 0.6) is 17.5 Å². The van der Waals surface area contributed by atoms with E-state index in [9.17, 15) is 0 Å². The number of aromatic nitrogens is 3. The molecule has 0 unspecified atom stereocenters. The summed E-state index contributed by atoms with van der Waals surface area (Å²) in [4.78, 5) is 14.9. The van der Waals surface area contributed by atoms with Gasteiger partial charge in [-0.15, -0.1) is 0 Å². The van der Waals surface area contributed by atoms with Gasteiger partial charge >= 0.3 is 0 Å². The Morgan fingerprint density at radius 3 is 2.44 bits per heavy atom. The molecule has 3 heterocycles. The summed E-state index contributed by atoms with van der Waals surface area (Å²) in [7, 11) is 3.17. The Morgan fingerprint density at radius 1 is 1.16 bits per heavy atom. The molecule has 1 aliphatic heterocycles. The van der Waals surface area contributed by atoms with E-state index in [0.717, 1.165) is 25.9 Å². The van der Waals surface area contributed by atoms with Crippen LogP contribution in [-0.4, -0.2) is 48.9 Å². The number of methoxy groups -OCH3 is 2. The minimum Gasteiger partial charge on any atom is -0.492 e. The first kappa shape index (κ1) is 17.5. The first-order valence-corrected chi connectivity index (χ1v) is 8.51. The Morgan fingerprint density at radius 2 is 1.84 bits per heavy atom. The van der Waals surface area contributed by atoms with Crippen LogP contribution in [0.2, 0.25) is 5.02 Å². The van der Waals surface area contributed by atoms with Gasteiger partial charge in [-0.2, -0.15) is 9.97 Å². The summed E-state index contributed by atoms with van der Waals surface area (Å²) < 4.78 is 16.3. The van der Waals surface area contributed by atoms with Crippen LogP contribution >= 0.6 is 11.6 Å². The third-order valence-corrected chi connectivity index (χ3v) is 4.48. The maximum absolute atomic E-state index is 6.07. The highest BCUT2D eigenvalue weighted by atomic mass is 35.5. The van der Waals surface area contributed by atoms with E-state index in [1.807, 2.05) is 0 Å². The van der Waals surface area contributed by atoms with Gasteiger partial charge in [0.2, 0.25) is 17.7 Å². The zero-order valence-electron chi connectivity index (χ0n) is 14.3. The topological polar surface area (TPSA) is 69.6 Å². The summed E-state index contributed by atoms with van der Waals surface area (Å²) in [5.74, 6) is 2.78. The molecule has 0 bridgehead atoms. The standard InChI is InChI=1S/C17H21ClN4O3/c1-23-15-9-16(24-2)21-17(20-15)22-7-4-12(5-8-22)11-25-14-3-6-19-10-13(14)18/h3,6,9-10,12H,4-5,7-8,11H2,1-2H3. The lowest BCUT2D eigenvalue weighted by Crippen LogP contribution is -2.36. The number of ether oxygens (including phenoxy) is 3. The Hall–Kier alpha value is -2.28. The lowest BCUT2D eigenvalue weighted by Gasteiger charge is -2.32. The van der Waals surface area contributed by atoms with Crippen molar-refractivity contribution in [1.29, 1.82) is 0 Å². The van der Waals surface area contributed by atoms with Crippen LogP contribution in [0.25, 0.3) is 0 Å². The Bertz CT molecular complexity index is 686. The zero-order valence-corrected chi connectivity index (χ0v) is 15.1. The van der Waals surface area contributed by atoms with Gasteiger partial charge in [0, 0.05) is 31.5 Å². The predicted molar refractivity (Wildman–Crippen MR) is 94.8 cm³/mol. The van der Waals surface area contributed by atoms with E-state index in [2.05, 4.69) is 19.9 Å². The van der Waals surface area contributed by atoms with E-state index in [0.29, 0.717) is 41.0 Å². The Labute approximate surface area is 151 Å². The molecule has 134 valence electrons. The van der Waals surface area contributed by atoms with E-state index >= 15 is 0 Å². The molecule has 0 radical (unpaired) electrons. The van der Waals surface area contributed by atoms with Gasteiger partial charge in [-0.3, -0.25) is 4.98 Å². The van der Waals surface area contributed by atoms with Crippen molar-refractivity contribution in [3.63, 3.8) is 0 Å². The summed E-state index contributed by atoms with van der Waals surface area (Å²) in [6.07, 6.45) is 5.25. The number of anilines is 1. The van der Waals surface area contributed by atoms with Crippen molar-refractivity contribution in [2.24, 2.45) is 5.92 Å². The Kier molecular flexibility index (Phi) is 5.75. The molecule has 0 aromatic carbocycles. The van der Waals surface area contributed by atoms with Gasteiger partial charge in [-0.1, -0.05) is 11.6 Å². The second-order valence-corrected chi connectivity index (χ2v) is 6.21. The maximum atomic E-state index is 6.07. The molecule has 8 heteroatoms. The lowest BCUT2D eigenvalue weighted by atomic mass is 9.98. The predicted octanol–water partition coefficient (Wildman–Crippen LogP) is 2.84. The quantitative estimate of drug-likeness (QED) is 0.780. The number of pyridine rings is 1. The molecule has 0 saturated carbocycles. The maximum Gasteiger partial charge on any atom is 0.231 e. The molecule has 0 aliphatic carbocycles. The molecule has 0 spiro atoms. The summed E-state index contributed by atoms with van der Waals surface area (Å²) >= 11 is 6.07. The van der Waals surface area contributed by atoms with Crippen LogP contribution in [0, 0.1) is 5.92 Å². The highest BCUT2D eigenvalue weighted by Gasteiger charge is 2.23. The number of hydrogen-bond acceptors (Lipinski definition) is 7. The third kappa shape index (κ3) is 4.42. The fourth-order valence-corrected chi connectivity index (χ4v) is 2.90. The molecular weight excluding hydrogens is 344 g/mol. The van der Waals surface area contributed by atoms with Gasteiger partial charge in [-0.25, -0.2) is 0 Å². The van der Waals surface area contributed by atoms with Crippen molar-refractivity contribution in [3.05, 3.63) is 29.5 Å². The van der Waals surface area contributed by atoms with E-state index in [1.54, 1.807) is 38.7 Å². The van der Waals surface area contributed by atoms with Crippen LogP contribution in [-0.2, 0) is 0 Å². The second-order valence-electron chi connectivity index (χ2n) is 5.80. The van der Waals surface area contributed by atoms with E-state index < -0.39 is 0 Å². The van der Waals surface area contributed by atoms with Gasteiger partial charge in [0.15, 0.2) is 0 Å². The lowest BCUT2D eigenvalue weighted by molar-refractivity contribution is 0.222. The summed E-state index contributed by atoms with van der Waals surface area (Å²) in [6.45, 7) is 2.35. The molecule has 0 atom stereocenters. The van der Waals surface area contributed by atoms with Crippen LogP contribution in [0.4, 0.5) is 5.95 Å². The van der Waals surface area contributed by atoms with Crippen molar-refractivity contribution in [2.45, 2.75) is 12.8 Å². The summed E-state index contributed by atoms with van der Waals surface area (Å²) in [5, 5.41) is 0.539. The Balaban J connectivity index is 1.56. The fourth-order valence-electron chi connectivity index (χ4n) is 2.73. The largest absolute Gasteiger partial charge is 0.492 e. The highest BCUT2D eigenvalue weighted by Crippen LogP contribution is 2.27. The average Bonchev–Trinajstić information content (AvgIpc) is 2.67. The molecule has 1 fully saturated rings. The van der Waals surface area contributed by atoms with Crippen LogP contribution in [0.15, 0.2) is 24.5 Å². The van der Waals surface area contributed by atoms with Gasteiger partial charge in [0.05, 0.1) is 26.9 Å². The molecule has 1 saturated heterocycles. The molecule has 25 heavy (non-hydrogen) atoms. The van der Waals surface area contributed by atoms with E-state index in [1.165, 1.54) is 0 Å². The minimum absolute atomic E-state index is 0.466. The summed E-state index contributed by atoms with van der Waals surface area (Å²) in [6, 6.07) is 3.45. The van der Waals surface area contributed by atoms with Gasteiger partial charge in [0.1, 0.15) is 10.8 Å². The van der Waals surface area contributed by atoms with Gasteiger partial charge in [-0.05, 0) is 18.8 Å². The molecule has 7 nitrogen and oxygen atoms in total. The van der Waals surface area contributed by atoms with Crippen LogP contribution < -0.4 is 19.1 Å². The molecule has 0 amide bonds.